The maximum atomic E-state index is 14.1. The van der Waals surface area contributed by atoms with Crippen molar-refractivity contribution in [2.24, 2.45) is 5.92 Å². The molecule has 6 heteroatoms. The Morgan fingerprint density at radius 3 is 3.09 bits per heavy atom. The van der Waals surface area contributed by atoms with Crippen molar-refractivity contribution in [1.82, 2.24) is 20.2 Å². The smallest absolute Gasteiger partial charge is 0.220 e. The van der Waals surface area contributed by atoms with Gasteiger partial charge in [-0.3, -0.25) is 4.79 Å². The molecule has 1 atom stereocenters. The number of carbonyl (C=O) groups excluding carboxylic acids is 1. The van der Waals surface area contributed by atoms with Crippen LogP contribution in [0.2, 0.25) is 0 Å². The summed E-state index contributed by atoms with van der Waals surface area (Å²) >= 11 is 0. The van der Waals surface area contributed by atoms with E-state index in [1.165, 1.54) is 6.07 Å². The van der Waals surface area contributed by atoms with E-state index in [1.54, 1.807) is 29.4 Å². The first-order valence-electron chi connectivity index (χ1n) is 7.96. The molecule has 1 aromatic heterocycles. The summed E-state index contributed by atoms with van der Waals surface area (Å²) in [5, 5.41) is 6.16. The number of imidazole rings is 1. The van der Waals surface area contributed by atoms with E-state index in [9.17, 15) is 9.18 Å². The summed E-state index contributed by atoms with van der Waals surface area (Å²) in [4.78, 5) is 15.8. The number of hydrogen-bond acceptors (Lipinski definition) is 3. The molecule has 2 heterocycles. The second kappa shape index (κ2) is 7.37. The first-order valence-corrected chi connectivity index (χ1v) is 7.96. The van der Waals surface area contributed by atoms with Crippen LogP contribution in [0.1, 0.15) is 24.8 Å². The van der Waals surface area contributed by atoms with Crippen LogP contribution in [0.15, 0.2) is 36.9 Å². The molecular weight excluding hydrogens is 295 g/mol. The van der Waals surface area contributed by atoms with Crippen molar-refractivity contribution in [3.05, 3.63) is 48.3 Å². The largest absolute Gasteiger partial charge is 0.352 e. The predicted octanol–water partition coefficient (Wildman–Crippen LogP) is 2.02. The highest BCUT2D eigenvalue weighted by molar-refractivity contribution is 5.75. The summed E-state index contributed by atoms with van der Waals surface area (Å²) in [5.41, 5.74) is 1.20. The molecule has 0 saturated carbocycles. The van der Waals surface area contributed by atoms with Gasteiger partial charge in [0.15, 0.2) is 0 Å². The zero-order chi connectivity index (χ0) is 16.1. The zero-order valence-corrected chi connectivity index (χ0v) is 13.0. The molecule has 2 aromatic rings. The molecule has 1 saturated heterocycles. The first-order chi connectivity index (χ1) is 11.2. The van der Waals surface area contributed by atoms with Gasteiger partial charge in [0.25, 0.3) is 0 Å². The number of halogens is 1. The summed E-state index contributed by atoms with van der Waals surface area (Å²) in [6.07, 6.45) is 7.44. The predicted molar refractivity (Wildman–Crippen MR) is 85.6 cm³/mol. The van der Waals surface area contributed by atoms with Gasteiger partial charge < -0.3 is 15.2 Å². The van der Waals surface area contributed by atoms with E-state index < -0.39 is 0 Å². The van der Waals surface area contributed by atoms with Crippen LogP contribution in [-0.2, 0) is 11.3 Å². The van der Waals surface area contributed by atoms with Crippen molar-refractivity contribution in [3.63, 3.8) is 0 Å². The molecule has 5 nitrogen and oxygen atoms in total. The third-order valence-corrected chi connectivity index (χ3v) is 4.23. The molecule has 0 aliphatic carbocycles. The van der Waals surface area contributed by atoms with E-state index >= 15 is 0 Å². The number of carbonyl (C=O) groups is 1. The lowest BCUT2D eigenvalue weighted by molar-refractivity contribution is -0.121. The molecule has 1 aliphatic heterocycles. The Balaban J connectivity index is 1.50. The average Bonchev–Trinajstić information content (AvgIpc) is 3.24. The molecule has 1 unspecified atom stereocenters. The summed E-state index contributed by atoms with van der Waals surface area (Å²) < 4.78 is 15.7. The molecule has 0 spiro atoms. The van der Waals surface area contributed by atoms with Gasteiger partial charge in [0, 0.05) is 25.4 Å². The maximum Gasteiger partial charge on any atom is 0.220 e. The van der Waals surface area contributed by atoms with Crippen LogP contribution in [0.4, 0.5) is 4.39 Å². The normalized spacial score (nSPS) is 17.3. The molecule has 1 aliphatic rings. The molecule has 2 N–H and O–H groups in total. The zero-order valence-electron chi connectivity index (χ0n) is 13.0. The lowest BCUT2D eigenvalue weighted by Gasteiger charge is -2.10. The van der Waals surface area contributed by atoms with Crippen molar-refractivity contribution in [3.8, 4) is 5.69 Å². The molecule has 0 radical (unpaired) electrons. The Morgan fingerprint density at radius 1 is 1.48 bits per heavy atom. The van der Waals surface area contributed by atoms with Gasteiger partial charge in [0.05, 0.1) is 12.0 Å². The quantitative estimate of drug-likeness (QED) is 0.857. The number of nitrogens with zero attached hydrogens (tertiary/aromatic N) is 2. The molecule has 0 bridgehead atoms. The Bertz CT molecular complexity index is 651. The third kappa shape index (κ3) is 4.16. The van der Waals surface area contributed by atoms with E-state index in [2.05, 4.69) is 15.6 Å². The van der Waals surface area contributed by atoms with Crippen molar-refractivity contribution in [2.45, 2.75) is 25.8 Å². The molecule has 1 fully saturated rings. The van der Waals surface area contributed by atoms with Crippen LogP contribution < -0.4 is 10.6 Å². The molecule has 3 rings (SSSR count). The van der Waals surface area contributed by atoms with Gasteiger partial charge in [0.1, 0.15) is 5.82 Å². The van der Waals surface area contributed by atoms with Crippen LogP contribution >= 0.6 is 0 Å². The summed E-state index contributed by atoms with van der Waals surface area (Å²) in [6, 6.07) is 4.97. The molecular formula is C17H21FN4O. The van der Waals surface area contributed by atoms with Crippen molar-refractivity contribution in [1.29, 1.82) is 0 Å². The Labute approximate surface area is 134 Å². The first kappa shape index (κ1) is 15.7. The van der Waals surface area contributed by atoms with Gasteiger partial charge in [-0.05, 0) is 49.5 Å². The van der Waals surface area contributed by atoms with Gasteiger partial charge in [-0.2, -0.15) is 0 Å². The Kier molecular flexibility index (Phi) is 5.02. The molecule has 23 heavy (non-hydrogen) atoms. The SMILES string of the molecule is O=C(CCC1CCNC1)NCc1ccc(-n2ccnc2)c(F)c1. The van der Waals surface area contributed by atoms with Crippen molar-refractivity contribution < 1.29 is 9.18 Å². The molecule has 122 valence electrons. The number of aromatic nitrogens is 2. The lowest BCUT2D eigenvalue weighted by atomic mass is 10.0. The minimum Gasteiger partial charge on any atom is -0.352 e. The molecule has 1 aromatic carbocycles. The fourth-order valence-corrected chi connectivity index (χ4v) is 2.86. The maximum absolute atomic E-state index is 14.1. The third-order valence-electron chi connectivity index (χ3n) is 4.23. The van der Waals surface area contributed by atoms with E-state index in [1.807, 2.05) is 6.07 Å². The average molecular weight is 316 g/mol. The Morgan fingerprint density at radius 2 is 2.39 bits per heavy atom. The van der Waals surface area contributed by atoms with Crippen LogP contribution in [0.5, 0.6) is 0 Å². The van der Waals surface area contributed by atoms with Gasteiger partial charge in [-0.15, -0.1) is 0 Å². The Hall–Kier alpha value is -2.21. The summed E-state index contributed by atoms with van der Waals surface area (Å²) in [7, 11) is 0. The fraction of sp³-hybridized carbons (Fsp3) is 0.412. The summed E-state index contributed by atoms with van der Waals surface area (Å²) in [5.74, 6) is 0.301. The minimum absolute atomic E-state index is 0.0241. The monoisotopic (exact) mass is 316 g/mol. The number of rotatable bonds is 6. The molecule has 1 amide bonds. The topological polar surface area (TPSA) is 59.0 Å². The standard InChI is InChI=1S/C17H21FN4O/c18-15-9-14(1-3-16(15)22-8-7-20-12-22)11-21-17(23)4-2-13-5-6-19-10-13/h1,3,7-9,12-13,19H,2,4-6,10-11H2,(H,21,23). The number of hydrogen-bond donors (Lipinski definition) is 2. The van der Waals surface area contributed by atoms with E-state index in [0.29, 0.717) is 24.6 Å². The van der Waals surface area contributed by atoms with Crippen LogP contribution in [-0.4, -0.2) is 28.5 Å². The van der Waals surface area contributed by atoms with Gasteiger partial charge in [-0.1, -0.05) is 6.07 Å². The van der Waals surface area contributed by atoms with Gasteiger partial charge in [-0.25, -0.2) is 9.37 Å². The van der Waals surface area contributed by atoms with Crippen molar-refractivity contribution in [2.75, 3.05) is 13.1 Å². The second-order valence-electron chi connectivity index (χ2n) is 5.93. The second-order valence-corrected chi connectivity index (χ2v) is 5.93. The number of benzene rings is 1. The lowest BCUT2D eigenvalue weighted by Crippen LogP contribution is -2.23. The highest BCUT2D eigenvalue weighted by Crippen LogP contribution is 2.16. The van der Waals surface area contributed by atoms with Crippen LogP contribution in [0.3, 0.4) is 0 Å². The minimum atomic E-state index is -0.327. The number of amides is 1. The van der Waals surface area contributed by atoms with Crippen LogP contribution in [0, 0.1) is 11.7 Å². The highest BCUT2D eigenvalue weighted by atomic mass is 19.1. The fourth-order valence-electron chi connectivity index (χ4n) is 2.86. The van der Waals surface area contributed by atoms with Crippen molar-refractivity contribution >= 4 is 5.91 Å². The van der Waals surface area contributed by atoms with Gasteiger partial charge in [0.2, 0.25) is 5.91 Å². The van der Waals surface area contributed by atoms with E-state index in [4.69, 9.17) is 0 Å². The van der Waals surface area contributed by atoms with Crippen LogP contribution in [0.25, 0.3) is 5.69 Å². The van der Waals surface area contributed by atoms with E-state index in [-0.39, 0.29) is 11.7 Å². The summed E-state index contributed by atoms with van der Waals surface area (Å²) in [6.45, 7) is 2.41. The highest BCUT2D eigenvalue weighted by Gasteiger charge is 2.15. The van der Waals surface area contributed by atoms with E-state index in [0.717, 1.165) is 31.5 Å². The number of nitrogens with one attached hydrogen (secondary N) is 2. The van der Waals surface area contributed by atoms with Gasteiger partial charge >= 0.3 is 0 Å².